The first kappa shape index (κ1) is 14.5. The van der Waals surface area contributed by atoms with Gasteiger partial charge in [-0.25, -0.2) is 0 Å². The molecule has 1 aliphatic rings. The molecule has 1 fully saturated rings. The van der Waals surface area contributed by atoms with Gasteiger partial charge in [0.2, 0.25) is 5.89 Å². The third kappa shape index (κ3) is 2.82. The second-order valence-corrected chi connectivity index (χ2v) is 6.91. The van der Waals surface area contributed by atoms with Gasteiger partial charge < -0.3 is 15.0 Å². The normalized spacial score (nSPS) is 32.5. The standard InChI is InChI=1S/C14H25N3O2/c1-6-13(5)9-14(15,7-8-18-13)10-16-11(19-17-10)12(2,3)4/h6-9,15H2,1-5H3. The predicted octanol–water partition coefficient (Wildman–Crippen LogP) is 2.50. The van der Waals surface area contributed by atoms with Crippen molar-refractivity contribution in [3.8, 4) is 0 Å². The summed E-state index contributed by atoms with van der Waals surface area (Å²) in [5, 5.41) is 4.11. The molecule has 1 saturated heterocycles. The summed E-state index contributed by atoms with van der Waals surface area (Å²) in [5.74, 6) is 1.25. The Morgan fingerprint density at radius 2 is 2.05 bits per heavy atom. The Morgan fingerprint density at radius 1 is 1.37 bits per heavy atom. The average molecular weight is 267 g/mol. The molecule has 2 rings (SSSR count). The van der Waals surface area contributed by atoms with Gasteiger partial charge in [-0.3, -0.25) is 0 Å². The van der Waals surface area contributed by atoms with Crippen LogP contribution < -0.4 is 5.73 Å². The molecule has 1 aliphatic heterocycles. The molecule has 0 amide bonds. The van der Waals surface area contributed by atoms with Gasteiger partial charge in [-0.15, -0.1) is 0 Å². The molecule has 5 nitrogen and oxygen atoms in total. The van der Waals surface area contributed by atoms with Gasteiger partial charge in [-0.2, -0.15) is 4.98 Å². The molecule has 108 valence electrons. The van der Waals surface area contributed by atoms with Crippen molar-refractivity contribution in [2.24, 2.45) is 5.73 Å². The minimum absolute atomic E-state index is 0.152. The van der Waals surface area contributed by atoms with Gasteiger partial charge in [-0.1, -0.05) is 32.9 Å². The van der Waals surface area contributed by atoms with Gasteiger partial charge in [0.1, 0.15) is 0 Å². The van der Waals surface area contributed by atoms with Crippen molar-refractivity contribution in [1.29, 1.82) is 0 Å². The molecular weight excluding hydrogens is 242 g/mol. The Kier molecular flexibility index (Phi) is 3.47. The van der Waals surface area contributed by atoms with E-state index < -0.39 is 5.54 Å². The molecule has 2 heterocycles. The van der Waals surface area contributed by atoms with Gasteiger partial charge in [0.25, 0.3) is 0 Å². The van der Waals surface area contributed by atoms with Crippen LogP contribution in [0.3, 0.4) is 0 Å². The zero-order chi connectivity index (χ0) is 14.3. The predicted molar refractivity (Wildman–Crippen MR) is 72.7 cm³/mol. The minimum atomic E-state index is -0.546. The number of ether oxygens (including phenoxy) is 1. The van der Waals surface area contributed by atoms with Crippen LogP contribution in [0.1, 0.15) is 65.6 Å². The van der Waals surface area contributed by atoms with E-state index in [4.69, 9.17) is 15.0 Å². The first-order valence-corrected chi connectivity index (χ1v) is 6.96. The van der Waals surface area contributed by atoms with Gasteiger partial charge in [0.05, 0.1) is 11.1 Å². The molecule has 19 heavy (non-hydrogen) atoms. The molecule has 0 aromatic carbocycles. The van der Waals surface area contributed by atoms with E-state index in [0.717, 1.165) is 19.3 Å². The lowest BCUT2D eigenvalue weighted by atomic mass is 9.79. The lowest BCUT2D eigenvalue weighted by molar-refractivity contribution is -0.0973. The van der Waals surface area contributed by atoms with E-state index in [1.807, 2.05) is 20.8 Å². The van der Waals surface area contributed by atoms with E-state index in [0.29, 0.717) is 18.3 Å². The quantitative estimate of drug-likeness (QED) is 0.891. The highest BCUT2D eigenvalue weighted by Gasteiger charge is 2.44. The maximum Gasteiger partial charge on any atom is 0.232 e. The van der Waals surface area contributed by atoms with E-state index in [2.05, 4.69) is 24.0 Å². The first-order valence-electron chi connectivity index (χ1n) is 6.96. The smallest absolute Gasteiger partial charge is 0.232 e. The van der Waals surface area contributed by atoms with Crippen LogP contribution in [0.15, 0.2) is 4.52 Å². The molecule has 2 N–H and O–H groups in total. The fourth-order valence-electron chi connectivity index (χ4n) is 2.43. The summed E-state index contributed by atoms with van der Waals surface area (Å²) in [4.78, 5) is 4.52. The topological polar surface area (TPSA) is 74.2 Å². The molecule has 0 saturated carbocycles. The van der Waals surface area contributed by atoms with E-state index in [1.54, 1.807) is 0 Å². The number of nitrogens with two attached hydrogens (primary N) is 1. The van der Waals surface area contributed by atoms with Gasteiger partial charge in [0, 0.05) is 18.4 Å². The van der Waals surface area contributed by atoms with Gasteiger partial charge in [-0.05, 0) is 19.8 Å². The molecule has 1 aromatic rings. The van der Waals surface area contributed by atoms with Crippen molar-refractivity contribution >= 4 is 0 Å². The second-order valence-electron chi connectivity index (χ2n) is 6.91. The molecule has 2 atom stereocenters. The molecule has 0 spiro atoms. The Bertz CT molecular complexity index is 452. The lowest BCUT2D eigenvalue weighted by Crippen LogP contribution is -2.51. The Hall–Kier alpha value is -0.940. The molecule has 0 aliphatic carbocycles. The van der Waals surface area contributed by atoms with Gasteiger partial charge in [0.15, 0.2) is 5.82 Å². The zero-order valence-corrected chi connectivity index (χ0v) is 12.6. The third-order valence-electron chi connectivity index (χ3n) is 3.95. The summed E-state index contributed by atoms with van der Waals surface area (Å²) < 4.78 is 11.2. The molecule has 1 aromatic heterocycles. The molecule has 5 heteroatoms. The van der Waals surface area contributed by atoms with Crippen molar-refractivity contribution in [1.82, 2.24) is 10.1 Å². The number of hydrogen-bond acceptors (Lipinski definition) is 5. The van der Waals surface area contributed by atoms with Crippen molar-refractivity contribution in [2.45, 2.75) is 70.4 Å². The van der Waals surface area contributed by atoms with Crippen LogP contribution in [0.2, 0.25) is 0 Å². The summed E-state index contributed by atoms with van der Waals surface area (Å²) in [6.45, 7) is 11.0. The maximum atomic E-state index is 6.52. The summed E-state index contributed by atoms with van der Waals surface area (Å²) in [6, 6.07) is 0. The zero-order valence-electron chi connectivity index (χ0n) is 12.6. The van der Waals surface area contributed by atoms with Crippen LogP contribution in [0, 0.1) is 0 Å². The largest absolute Gasteiger partial charge is 0.375 e. The van der Waals surface area contributed by atoms with E-state index in [9.17, 15) is 0 Å². The van der Waals surface area contributed by atoms with Gasteiger partial charge >= 0.3 is 0 Å². The third-order valence-corrected chi connectivity index (χ3v) is 3.95. The van der Waals surface area contributed by atoms with Crippen LogP contribution in [0.25, 0.3) is 0 Å². The number of aromatic nitrogens is 2. The highest BCUT2D eigenvalue weighted by molar-refractivity contribution is 5.10. The maximum absolute atomic E-state index is 6.52. The lowest BCUT2D eigenvalue weighted by Gasteiger charge is -2.42. The number of rotatable bonds is 2. The molecule has 0 radical (unpaired) electrons. The fourth-order valence-corrected chi connectivity index (χ4v) is 2.43. The molecular formula is C14H25N3O2. The van der Waals surface area contributed by atoms with E-state index >= 15 is 0 Å². The van der Waals surface area contributed by atoms with Crippen LogP contribution in [0.4, 0.5) is 0 Å². The summed E-state index contributed by atoms with van der Waals surface area (Å²) >= 11 is 0. The summed E-state index contributed by atoms with van der Waals surface area (Å²) in [7, 11) is 0. The van der Waals surface area contributed by atoms with E-state index in [1.165, 1.54) is 0 Å². The Labute approximate surface area is 114 Å². The Balaban J connectivity index is 2.27. The fraction of sp³-hybridized carbons (Fsp3) is 0.857. The Morgan fingerprint density at radius 3 is 2.58 bits per heavy atom. The van der Waals surface area contributed by atoms with Crippen molar-refractivity contribution in [3.63, 3.8) is 0 Å². The van der Waals surface area contributed by atoms with Crippen LogP contribution in [0.5, 0.6) is 0 Å². The highest BCUT2D eigenvalue weighted by atomic mass is 16.5. The summed E-state index contributed by atoms with van der Waals surface area (Å²) in [6.07, 6.45) is 2.38. The van der Waals surface area contributed by atoms with Crippen LogP contribution in [-0.4, -0.2) is 22.3 Å². The number of hydrogen-bond donors (Lipinski definition) is 1. The van der Waals surface area contributed by atoms with Crippen LogP contribution >= 0.6 is 0 Å². The van der Waals surface area contributed by atoms with Crippen molar-refractivity contribution < 1.29 is 9.26 Å². The summed E-state index contributed by atoms with van der Waals surface area (Å²) in [5.41, 5.74) is 5.63. The molecule has 0 bridgehead atoms. The average Bonchev–Trinajstić information content (AvgIpc) is 2.78. The monoisotopic (exact) mass is 267 g/mol. The minimum Gasteiger partial charge on any atom is -0.375 e. The SMILES string of the molecule is CCC1(C)CC(N)(c2noc(C(C)(C)C)n2)CCO1. The van der Waals surface area contributed by atoms with E-state index in [-0.39, 0.29) is 11.0 Å². The second kappa shape index (κ2) is 4.56. The van der Waals surface area contributed by atoms with Crippen molar-refractivity contribution in [3.05, 3.63) is 11.7 Å². The van der Waals surface area contributed by atoms with Crippen LogP contribution in [-0.2, 0) is 15.7 Å². The molecule has 2 unspecified atom stereocenters. The highest BCUT2D eigenvalue weighted by Crippen LogP contribution is 2.38. The first-order chi connectivity index (χ1) is 8.69. The number of nitrogens with zero attached hydrogens (tertiary/aromatic N) is 2. The van der Waals surface area contributed by atoms with Crippen molar-refractivity contribution in [2.75, 3.05) is 6.61 Å².